The number of aromatic amines is 1. The van der Waals surface area contributed by atoms with Crippen molar-refractivity contribution >= 4 is 40.3 Å². The zero-order valence-corrected chi connectivity index (χ0v) is 24.4. The van der Waals surface area contributed by atoms with Gasteiger partial charge in [0.1, 0.15) is 5.69 Å². The Hall–Kier alpha value is -4.34. The largest absolute Gasteiger partial charge is 0.378 e. The lowest BCUT2D eigenvalue weighted by molar-refractivity contribution is 0.0443. The number of likely N-dealkylation sites (N-methyl/N-ethyl adjacent to an activating group) is 1. The highest BCUT2D eigenvalue weighted by Gasteiger charge is 2.10. The summed E-state index contributed by atoms with van der Waals surface area (Å²) in [5.74, 6) is 5.77. The lowest BCUT2D eigenvalue weighted by Gasteiger charge is -2.10. The first-order valence-electron chi connectivity index (χ1n) is 13.4. The molecule has 0 bridgehead atoms. The monoisotopic (exact) mass is 586 g/mol. The van der Waals surface area contributed by atoms with E-state index in [1.54, 1.807) is 24.3 Å². The average molecular weight is 587 g/mol. The number of nitrogens with one attached hydrogen (secondary N) is 3. The van der Waals surface area contributed by atoms with E-state index in [1.165, 1.54) is 11.8 Å². The minimum atomic E-state index is -0.459. The van der Waals surface area contributed by atoms with E-state index < -0.39 is 5.91 Å². The fourth-order valence-electron chi connectivity index (χ4n) is 3.79. The van der Waals surface area contributed by atoms with Crippen molar-refractivity contribution in [2.75, 3.05) is 58.9 Å². The first-order valence-corrected chi connectivity index (χ1v) is 14.2. The summed E-state index contributed by atoms with van der Waals surface area (Å²) in [6, 6.07) is 20.1. The van der Waals surface area contributed by atoms with Crippen molar-refractivity contribution in [2.45, 2.75) is 9.79 Å². The van der Waals surface area contributed by atoms with Crippen molar-refractivity contribution in [3.05, 3.63) is 83.6 Å². The van der Waals surface area contributed by atoms with Crippen LogP contribution in [0.2, 0.25) is 0 Å². The number of amides is 3. The number of hydrogen-bond donors (Lipinski definition) is 4. The Morgan fingerprint density at radius 2 is 1.74 bits per heavy atom. The molecule has 3 amide bonds. The van der Waals surface area contributed by atoms with E-state index in [0.717, 1.165) is 32.8 Å². The number of nitrogens with zero attached hydrogens (tertiary/aromatic N) is 2. The minimum Gasteiger partial charge on any atom is -0.378 e. The van der Waals surface area contributed by atoms with Crippen LogP contribution in [0.5, 0.6) is 0 Å². The highest BCUT2D eigenvalue weighted by atomic mass is 32.2. The Balaban J connectivity index is 1.24. The van der Waals surface area contributed by atoms with Crippen molar-refractivity contribution < 1.29 is 19.1 Å². The molecule has 10 nitrogen and oxygen atoms in total. The lowest BCUT2D eigenvalue weighted by atomic mass is 10.2. The Morgan fingerprint density at radius 1 is 0.976 bits per heavy atom. The topological polar surface area (TPSA) is 135 Å². The summed E-state index contributed by atoms with van der Waals surface area (Å²) in [6.07, 6.45) is 0. The molecule has 11 heteroatoms. The SMILES string of the molecule is CN(C)CCOCCOCCNC(=O)Nc1ccc(C#Cc2n[nH]c3cc(Sc4ccccc4C(N)=O)ccc23)cc1. The van der Waals surface area contributed by atoms with Gasteiger partial charge in [0.15, 0.2) is 0 Å². The van der Waals surface area contributed by atoms with E-state index in [9.17, 15) is 9.59 Å². The Labute approximate surface area is 249 Å². The van der Waals surface area contributed by atoms with E-state index in [0.29, 0.717) is 49.9 Å². The molecule has 0 fully saturated rings. The van der Waals surface area contributed by atoms with Crippen molar-refractivity contribution in [1.29, 1.82) is 0 Å². The molecule has 4 aromatic rings. The molecule has 0 aliphatic carbocycles. The van der Waals surface area contributed by atoms with Crippen LogP contribution in [0.3, 0.4) is 0 Å². The van der Waals surface area contributed by atoms with Gasteiger partial charge >= 0.3 is 6.03 Å². The number of ether oxygens (including phenoxy) is 2. The zero-order valence-electron chi connectivity index (χ0n) is 23.6. The quantitative estimate of drug-likeness (QED) is 0.138. The number of benzene rings is 3. The molecule has 0 aliphatic rings. The van der Waals surface area contributed by atoms with Gasteiger partial charge in [0.2, 0.25) is 5.91 Å². The third-order valence-electron chi connectivity index (χ3n) is 5.97. The van der Waals surface area contributed by atoms with Crippen molar-refractivity contribution in [3.63, 3.8) is 0 Å². The highest BCUT2D eigenvalue weighted by molar-refractivity contribution is 7.99. The minimum absolute atomic E-state index is 0.307. The van der Waals surface area contributed by atoms with Crippen LogP contribution in [0, 0.1) is 11.8 Å². The number of hydrogen-bond acceptors (Lipinski definition) is 7. The van der Waals surface area contributed by atoms with Gasteiger partial charge in [0.25, 0.3) is 0 Å². The van der Waals surface area contributed by atoms with Crippen LogP contribution in [0.15, 0.2) is 76.5 Å². The Bertz CT molecular complexity index is 1560. The maximum Gasteiger partial charge on any atom is 0.319 e. The number of nitrogens with two attached hydrogens (primary N) is 1. The molecule has 0 saturated carbocycles. The Morgan fingerprint density at radius 3 is 2.50 bits per heavy atom. The number of primary amides is 1. The second-order valence-electron chi connectivity index (χ2n) is 9.48. The van der Waals surface area contributed by atoms with Gasteiger partial charge < -0.3 is 30.7 Å². The molecule has 5 N–H and O–H groups in total. The van der Waals surface area contributed by atoms with Gasteiger partial charge in [-0.15, -0.1) is 0 Å². The molecular formula is C31H34N6O4S. The molecule has 3 aromatic carbocycles. The summed E-state index contributed by atoms with van der Waals surface area (Å²) in [5.41, 5.74) is 8.90. The molecule has 1 aromatic heterocycles. The predicted octanol–water partition coefficient (Wildman–Crippen LogP) is 3.93. The standard InChI is InChI=1S/C31H34N6O4S/c1-37(2)16-18-41-20-19-40-17-15-33-31(39)34-23-10-7-22(8-11-23)9-14-27-25-13-12-24(21-28(25)36-35-27)42-29-6-4-3-5-26(29)30(32)38/h3-8,10-13,21H,15-20H2,1-2H3,(H2,32,38)(H,35,36)(H2,33,34,39). The maximum atomic E-state index is 12.1. The molecule has 218 valence electrons. The molecule has 0 aliphatic heterocycles. The van der Waals surface area contributed by atoms with Crippen molar-refractivity contribution in [2.24, 2.45) is 5.73 Å². The number of rotatable bonds is 13. The van der Waals surface area contributed by atoms with Crippen LogP contribution in [0.1, 0.15) is 21.6 Å². The van der Waals surface area contributed by atoms with Crippen LogP contribution in [-0.4, -0.2) is 80.6 Å². The summed E-state index contributed by atoms with van der Waals surface area (Å²) < 4.78 is 10.9. The number of fused-ring (bicyclic) bond motifs is 1. The van der Waals surface area contributed by atoms with Gasteiger partial charge in [-0.05, 0) is 74.6 Å². The molecule has 0 saturated heterocycles. The smallest absolute Gasteiger partial charge is 0.319 e. The van der Waals surface area contributed by atoms with Crippen LogP contribution in [0.25, 0.3) is 10.9 Å². The van der Waals surface area contributed by atoms with Gasteiger partial charge in [-0.1, -0.05) is 29.8 Å². The summed E-state index contributed by atoms with van der Waals surface area (Å²) in [7, 11) is 3.99. The van der Waals surface area contributed by atoms with Gasteiger partial charge in [0.05, 0.1) is 37.5 Å². The lowest BCUT2D eigenvalue weighted by Crippen LogP contribution is -2.31. The summed E-state index contributed by atoms with van der Waals surface area (Å²) in [5, 5.41) is 13.8. The van der Waals surface area contributed by atoms with Gasteiger partial charge in [-0.2, -0.15) is 5.10 Å². The molecule has 4 rings (SSSR count). The first-order chi connectivity index (χ1) is 20.4. The number of carbonyl (C=O) groups is 2. The maximum absolute atomic E-state index is 12.1. The van der Waals surface area contributed by atoms with Crippen molar-refractivity contribution in [1.82, 2.24) is 20.4 Å². The molecule has 0 spiro atoms. The third kappa shape index (κ3) is 9.36. The first kappa shape index (κ1) is 30.6. The van der Waals surface area contributed by atoms with E-state index in [2.05, 4.69) is 37.6 Å². The number of urea groups is 1. The van der Waals surface area contributed by atoms with E-state index in [4.69, 9.17) is 15.2 Å². The van der Waals surface area contributed by atoms with Gasteiger partial charge in [-0.3, -0.25) is 9.89 Å². The highest BCUT2D eigenvalue weighted by Crippen LogP contribution is 2.32. The molecule has 42 heavy (non-hydrogen) atoms. The zero-order chi connectivity index (χ0) is 29.7. The number of carbonyl (C=O) groups excluding carboxylic acids is 2. The summed E-state index contributed by atoms with van der Waals surface area (Å²) >= 11 is 1.46. The normalized spacial score (nSPS) is 10.8. The van der Waals surface area contributed by atoms with Gasteiger partial charge in [-0.25, -0.2) is 4.79 Å². The fraction of sp³-hybridized carbons (Fsp3) is 0.258. The van der Waals surface area contributed by atoms with E-state index >= 15 is 0 Å². The molecular weight excluding hydrogens is 552 g/mol. The summed E-state index contributed by atoms with van der Waals surface area (Å²) in [4.78, 5) is 27.7. The molecule has 1 heterocycles. The van der Waals surface area contributed by atoms with Crippen LogP contribution >= 0.6 is 11.8 Å². The predicted molar refractivity (Wildman–Crippen MR) is 165 cm³/mol. The fourth-order valence-corrected chi connectivity index (χ4v) is 4.79. The second kappa shape index (κ2) is 15.6. The van der Waals surface area contributed by atoms with E-state index in [1.807, 2.05) is 56.6 Å². The summed E-state index contributed by atoms with van der Waals surface area (Å²) in [6.45, 7) is 3.35. The van der Waals surface area contributed by atoms with E-state index in [-0.39, 0.29) is 6.03 Å². The third-order valence-corrected chi connectivity index (χ3v) is 7.03. The number of anilines is 1. The van der Waals surface area contributed by atoms with Crippen LogP contribution < -0.4 is 16.4 Å². The second-order valence-corrected chi connectivity index (χ2v) is 10.6. The molecule has 0 radical (unpaired) electrons. The average Bonchev–Trinajstić information content (AvgIpc) is 3.38. The number of H-pyrrole nitrogens is 1. The van der Waals surface area contributed by atoms with Crippen LogP contribution in [-0.2, 0) is 9.47 Å². The number of aromatic nitrogens is 2. The molecule has 0 unspecified atom stereocenters. The van der Waals surface area contributed by atoms with Crippen LogP contribution in [0.4, 0.5) is 10.5 Å². The Kier molecular flexibility index (Phi) is 11.4. The van der Waals surface area contributed by atoms with Crippen molar-refractivity contribution in [3.8, 4) is 11.8 Å². The van der Waals surface area contributed by atoms with Gasteiger partial charge in [0, 0.05) is 39.5 Å². The molecule has 0 atom stereocenters.